The van der Waals surface area contributed by atoms with Gasteiger partial charge in [-0.25, -0.2) is 0 Å². The number of hydrogen-bond donors (Lipinski definition) is 1. The van der Waals surface area contributed by atoms with Crippen molar-refractivity contribution in [2.75, 3.05) is 19.6 Å². The second-order valence-corrected chi connectivity index (χ2v) is 6.20. The van der Waals surface area contributed by atoms with E-state index < -0.39 is 0 Å². The molecule has 3 heteroatoms. The van der Waals surface area contributed by atoms with E-state index in [1.54, 1.807) is 0 Å². The van der Waals surface area contributed by atoms with Crippen LogP contribution in [0.4, 0.5) is 0 Å². The van der Waals surface area contributed by atoms with Crippen molar-refractivity contribution in [2.45, 2.75) is 51.3 Å². The van der Waals surface area contributed by atoms with E-state index in [0.717, 1.165) is 31.8 Å². The van der Waals surface area contributed by atoms with Gasteiger partial charge in [0.15, 0.2) is 0 Å². The summed E-state index contributed by atoms with van der Waals surface area (Å²) in [5.74, 6) is 1.09. The van der Waals surface area contributed by atoms with Crippen LogP contribution < -0.4 is 10.1 Å². The molecule has 1 saturated heterocycles. The van der Waals surface area contributed by atoms with Crippen LogP contribution in [0.1, 0.15) is 32.3 Å². The quantitative estimate of drug-likeness (QED) is 0.916. The van der Waals surface area contributed by atoms with E-state index in [4.69, 9.17) is 4.74 Å². The molecule has 0 aromatic heterocycles. The van der Waals surface area contributed by atoms with Gasteiger partial charge in [0.25, 0.3) is 0 Å². The molecule has 0 bridgehead atoms. The maximum Gasteiger partial charge on any atom is 0.123 e. The molecule has 1 fully saturated rings. The number of fused-ring (bicyclic) bond motifs is 1. The topological polar surface area (TPSA) is 24.5 Å². The molecule has 0 radical (unpaired) electrons. The SMILES string of the molecule is CCC1CN(CC2Cc3ccccc3O2)C(C)CCN1. The molecule has 0 amide bonds. The van der Waals surface area contributed by atoms with Crippen molar-refractivity contribution >= 4 is 0 Å². The van der Waals surface area contributed by atoms with Gasteiger partial charge in [0.2, 0.25) is 0 Å². The molecule has 20 heavy (non-hydrogen) atoms. The van der Waals surface area contributed by atoms with E-state index in [1.165, 1.54) is 18.4 Å². The maximum absolute atomic E-state index is 6.11. The van der Waals surface area contributed by atoms with E-state index in [0.29, 0.717) is 18.2 Å². The lowest BCUT2D eigenvalue weighted by Crippen LogP contribution is -2.44. The second kappa shape index (κ2) is 6.15. The Bertz CT molecular complexity index is 423. The molecule has 1 N–H and O–H groups in total. The molecule has 0 aliphatic carbocycles. The van der Waals surface area contributed by atoms with Gasteiger partial charge in [0.1, 0.15) is 11.9 Å². The van der Waals surface area contributed by atoms with Crippen molar-refractivity contribution in [2.24, 2.45) is 0 Å². The molecule has 3 unspecified atom stereocenters. The highest BCUT2D eigenvalue weighted by atomic mass is 16.5. The lowest BCUT2D eigenvalue weighted by atomic mass is 10.1. The summed E-state index contributed by atoms with van der Waals surface area (Å²) in [6, 6.07) is 9.73. The lowest BCUT2D eigenvalue weighted by molar-refractivity contribution is 0.119. The zero-order valence-electron chi connectivity index (χ0n) is 12.6. The van der Waals surface area contributed by atoms with Gasteiger partial charge in [-0.15, -0.1) is 0 Å². The average Bonchev–Trinajstić information content (AvgIpc) is 2.78. The Morgan fingerprint density at radius 1 is 1.35 bits per heavy atom. The first-order valence-corrected chi connectivity index (χ1v) is 7.98. The normalized spacial score (nSPS) is 30.6. The first-order valence-electron chi connectivity index (χ1n) is 7.98. The number of ether oxygens (including phenoxy) is 1. The fraction of sp³-hybridized carbons (Fsp3) is 0.647. The largest absolute Gasteiger partial charge is 0.488 e. The molecule has 3 rings (SSSR count). The summed E-state index contributed by atoms with van der Waals surface area (Å²) in [5.41, 5.74) is 1.37. The summed E-state index contributed by atoms with van der Waals surface area (Å²) in [5, 5.41) is 3.65. The number of para-hydroxylation sites is 1. The van der Waals surface area contributed by atoms with Gasteiger partial charge < -0.3 is 10.1 Å². The fourth-order valence-electron chi connectivity index (χ4n) is 3.35. The molecule has 1 aromatic carbocycles. The zero-order valence-corrected chi connectivity index (χ0v) is 12.6. The molecule has 2 aliphatic heterocycles. The molecule has 0 saturated carbocycles. The lowest BCUT2D eigenvalue weighted by Gasteiger charge is -2.30. The van der Waals surface area contributed by atoms with Gasteiger partial charge in [0.05, 0.1) is 0 Å². The standard InChI is InChI=1S/C17H26N2O/c1-3-15-11-19(13(2)8-9-18-15)12-16-10-14-6-4-5-7-17(14)20-16/h4-7,13,15-16,18H,3,8-12H2,1-2H3. The van der Waals surface area contributed by atoms with E-state index in [9.17, 15) is 0 Å². The highest BCUT2D eigenvalue weighted by molar-refractivity contribution is 5.37. The minimum Gasteiger partial charge on any atom is -0.488 e. The van der Waals surface area contributed by atoms with Crippen LogP contribution in [-0.4, -0.2) is 42.7 Å². The number of benzene rings is 1. The van der Waals surface area contributed by atoms with Gasteiger partial charge in [-0.05, 0) is 37.9 Å². The maximum atomic E-state index is 6.11. The molecule has 110 valence electrons. The summed E-state index contributed by atoms with van der Waals surface area (Å²) in [6.45, 7) is 7.96. The van der Waals surface area contributed by atoms with Crippen molar-refractivity contribution < 1.29 is 4.74 Å². The van der Waals surface area contributed by atoms with Crippen LogP contribution in [0, 0.1) is 0 Å². The van der Waals surface area contributed by atoms with Crippen molar-refractivity contribution in [1.82, 2.24) is 10.2 Å². The number of nitrogens with one attached hydrogen (secondary N) is 1. The number of rotatable bonds is 3. The van der Waals surface area contributed by atoms with Crippen LogP contribution in [0.25, 0.3) is 0 Å². The van der Waals surface area contributed by atoms with Gasteiger partial charge in [-0.1, -0.05) is 25.1 Å². The van der Waals surface area contributed by atoms with Crippen LogP contribution in [0.3, 0.4) is 0 Å². The summed E-state index contributed by atoms with van der Waals surface area (Å²) < 4.78 is 6.11. The molecule has 3 nitrogen and oxygen atoms in total. The van der Waals surface area contributed by atoms with Gasteiger partial charge in [-0.3, -0.25) is 4.90 Å². The zero-order chi connectivity index (χ0) is 13.9. The second-order valence-electron chi connectivity index (χ2n) is 6.20. The molecular formula is C17H26N2O. The Kier molecular flexibility index (Phi) is 4.27. The third-order valence-electron chi connectivity index (χ3n) is 4.72. The Hall–Kier alpha value is -1.06. The van der Waals surface area contributed by atoms with Crippen molar-refractivity contribution in [3.63, 3.8) is 0 Å². The van der Waals surface area contributed by atoms with Gasteiger partial charge in [0, 0.05) is 31.6 Å². The smallest absolute Gasteiger partial charge is 0.123 e. The first-order chi connectivity index (χ1) is 9.76. The molecule has 0 spiro atoms. The highest BCUT2D eigenvalue weighted by Crippen LogP contribution is 2.29. The molecule has 3 atom stereocenters. The summed E-state index contributed by atoms with van der Waals surface area (Å²) in [7, 11) is 0. The minimum atomic E-state index is 0.324. The van der Waals surface area contributed by atoms with Gasteiger partial charge >= 0.3 is 0 Å². The number of hydrogen-bond acceptors (Lipinski definition) is 3. The van der Waals surface area contributed by atoms with Crippen molar-refractivity contribution in [1.29, 1.82) is 0 Å². The van der Waals surface area contributed by atoms with Crippen LogP contribution in [0.15, 0.2) is 24.3 Å². The van der Waals surface area contributed by atoms with Crippen LogP contribution in [0.2, 0.25) is 0 Å². The third-order valence-corrected chi connectivity index (χ3v) is 4.72. The first kappa shape index (κ1) is 13.9. The molecule has 1 aromatic rings. The van der Waals surface area contributed by atoms with Crippen molar-refractivity contribution in [3.05, 3.63) is 29.8 Å². The Morgan fingerprint density at radius 3 is 3.00 bits per heavy atom. The number of nitrogens with zero attached hydrogens (tertiary/aromatic N) is 1. The summed E-state index contributed by atoms with van der Waals surface area (Å²) >= 11 is 0. The predicted molar refractivity (Wildman–Crippen MR) is 82.3 cm³/mol. The van der Waals surface area contributed by atoms with E-state index in [1.807, 2.05) is 0 Å². The monoisotopic (exact) mass is 274 g/mol. The highest BCUT2D eigenvalue weighted by Gasteiger charge is 2.28. The van der Waals surface area contributed by atoms with Crippen molar-refractivity contribution in [3.8, 4) is 5.75 Å². The predicted octanol–water partition coefficient (Wildman–Crippen LogP) is 2.45. The third kappa shape index (κ3) is 2.99. The molecule has 2 aliphatic rings. The average molecular weight is 274 g/mol. The molecular weight excluding hydrogens is 248 g/mol. The van der Waals surface area contributed by atoms with E-state index >= 15 is 0 Å². The molecule has 2 heterocycles. The Labute approximate surface area is 122 Å². The minimum absolute atomic E-state index is 0.324. The van der Waals surface area contributed by atoms with Gasteiger partial charge in [-0.2, -0.15) is 0 Å². The van der Waals surface area contributed by atoms with Crippen LogP contribution >= 0.6 is 0 Å². The summed E-state index contributed by atoms with van der Waals surface area (Å²) in [6.07, 6.45) is 3.82. The Balaban J connectivity index is 1.62. The van der Waals surface area contributed by atoms with E-state index in [2.05, 4.69) is 48.3 Å². The fourth-order valence-corrected chi connectivity index (χ4v) is 3.35. The van der Waals surface area contributed by atoms with Crippen LogP contribution in [-0.2, 0) is 6.42 Å². The summed E-state index contributed by atoms with van der Waals surface area (Å²) in [4.78, 5) is 2.62. The Morgan fingerprint density at radius 2 is 2.20 bits per heavy atom. The van der Waals surface area contributed by atoms with Crippen LogP contribution in [0.5, 0.6) is 5.75 Å². The van der Waals surface area contributed by atoms with E-state index in [-0.39, 0.29) is 0 Å².